The number of aliphatic imine (C=N–C) groups is 1. The Morgan fingerprint density at radius 1 is 1.44 bits per heavy atom. The Kier molecular flexibility index (Phi) is 5.13. The first-order chi connectivity index (χ1) is 7.61. The van der Waals surface area contributed by atoms with Crippen LogP contribution in [0.15, 0.2) is 16.3 Å². The van der Waals surface area contributed by atoms with E-state index in [9.17, 15) is 4.39 Å². The predicted octanol–water partition coefficient (Wildman–Crippen LogP) is 3.73. The average Bonchev–Trinajstić information content (AvgIpc) is 3.00. The van der Waals surface area contributed by atoms with E-state index in [0.29, 0.717) is 11.8 Å². The van der Waals surface area contributed by atoms with Gasteiger partial charge in [0, 0.05) is 17.8 Å². The van der Waals surface area contributed by atoms with Crippen molar-refractivity contribution < 1.29 is 9.13 Å². The summed E-state index contributed by atoms with van der Waals surface area (Å²) in [6.07, 6.45) is 4.04. The normalized spacial score (nSPS) is 20.4. The number of halogens is 1. The van der Waals surface area contributed by atoms with Gasteiger partial charge in [-0.1, -0.05) is 13.8 Å². The van der Waals surface area contributed by atoms with Gasteiger partial charge >= 0.3 is 0 Å². The van der Waals surface area contributed by atoms with Crippen LogP contribution in [0.2, 0.25) is 0 Å². The van der Waals surface area contributed by atoms with Crippen LogP contribution < -0.4 is 0 Å². The van der Waals surface area contributed by atoms with E-state index in [1.165, 1.54) is 12.8 Å². The van der Waals surface area contributed by atoms with Gasteiger partial charge in [0.15, 0.2) is 6.86 Å². The van der Waals surface area contributed by atoms with Crippen molar-refractivity contribution in [1.82, 2.24) is 0 Å². The van der Waals surface area contributed by atoms with E-state index in [-0.39, 0.29) is 6.10 Å². The molecule has 1 rings (SSSR count). The molecule has 0 aromatic carbocycles. The second kappa shape index (κ2) is 6.14. The fraction of sp³-hybridized carbons (Fsp3) is 0.769. The lowest BCUT2D eigenvalue weighted by atomic mass is 9.94. The molecule has 0 heterocycles. The topological polar surface area (TPSA) is 21.6 Å². The third-order valence-corrected chi connectivity index (χ3v) is 2.90. The minimum Gasteiger partial charge on any atom is -0.343 e. The first kappa shape index (κ1) is 13.4. The van der Waals surface area contributed by atoms with Crippen molar-refractivity contribution in [3.8, 4) is 0 Å². The van der Waals surface area contributed by atoms with Gasteiger partial charge in [0.05, 0.1) is 6.10 Å². The fourth-order valence-electron chi connectivity index (χ4n) is 2.07. The Hall–Kier alpha value is -0.700. The number of rotatable bonds is 6. The van der Waals surface area contributed by atoms with E-state index in [0.717, 1.165) is 11.3 Å². The minimum atomic E-state index is -0.731. The molecule has 92 valence electrons. The maximum Gasteiger partial charge on any atom is 0.188 e. The lowest BCUT2D eigenvalue weighted by molar-refractivity contribution is 0.0192. The predicted molar refractivity (Wildman–Crippen MR) is 65.3 cm³/mol. The lowest BCUT2D eigenvalue weighted by Crippen LogP contribution is -2.18. The van der Waals surface area contributed by atoms with Gasteiger partial charge in [0.25, 0.3) is 0 Å². The Morgan fingerprint density at radius 2 is 2.06 bits per heavy atom. The van der Waals surface area contributed by atoms with E-state index < -0.39 is 6.86 Å². The number of ether oxygens (including phenoxy) is 1. The zero-order valence-electron chi connectivity index (χ0n) is 10.7. The van der Waals surface area contributed by atoms with Crippen molar-refractivity contribution >= 4 is 6.21 Å². The molecule has 1 fully saturated rings. The summed E-state index contributed by atoms with van der Waals surface area (Å²) < 4.78 is 17.3. The second-order valence-corrected chi connectivity index (χ2v) is 4.57. The van der Waals surface area contributed by atoms with Crippen LogP contribution in [0.5, 0.6) is 0 Å². The summed E-state index contributed by atoms with van der Waals surface area (Å²) in [5.41, 5.74) is 2.27. The zero-order valence-corrected chi connectivity index (χ0v) is 10.7. The van der Waals surface area contributed by atoms with Gasteiger partial charge in [-0.3, -0.25) is 4.99 Å². The van der Waals surface area contributed by atoms with Crippen LogP contribution in [-0.2, 0) is 4.74 Å². The van der Waals surface area contributed by atoms with E-state index in [1.54, 1.807) is 0 Å². The Bertz CT molecular complexity index is 280. The van der Waals surface area contributed by atoms with Crippen LogP contribution in [0.3, 0.4) is 0 Å². The van der Waals surface area contributed by atoms with Crippen LogP contribution in [0.1, 0.15) is 40.5 Å². The molecule has 0 N–H and O–H groups in total. The Balaban J connectivity index is 2.98. The largest absolute Gasteiger partial charge is 0.343 e. The molecule has 0 aliphatic heterocycles. The molecule has 1 atom stereocenters. The number of alkyl halides is 1. The molecule has 3 heteroatoms. The van der Waals surface area contributed by atoms with Crippen LogP contribution >= 0.6 is 0 Å². The standard InChI is InChI=1S/C13H22FNO/c1-5-15-13(11-6-7-11)12(9(2)3)10(4)16-8-14/h5,9-11H,6-8H2,1-4H3/b13-12-,15-5?. The molecule has 1 saturated carbocycles. The highest BCUT2D eigenvalue weighted by Crippen LogP contribution is 2.41. The maximum atomic E-state index is 12.3. The smallest absolute Gasteiger partial charge is 0.188 e. The summed E-state index contributed by atoms with van der Waals surface area (Å²) in [5, 5.41) is 0. The first-order valence-corrected chi connectivity index (χ1v) is 6.02. The summed E-state index contributed by atoms with van der Waals surface area (Å²) >= 11 is 0. The molecular formula is C13H22FNO. The van der Waals surface area contributed by atoms with Crippen LogP contribution in [0.4, 0.5) is 4.39 Å². The summed E-state index contributed by atoms with van der Waals surface area (Å²) in [6, 6.07) is 0. The van der Waals surface area contributed by atoms with Gasteiger partial charge < -0.3 is 4.74 Å². The fourth-order valence-corrected chi connectivity index (χ4v) is 2.07. The van der Waals surface area contributed by atoms with Gasteiger partial charge in [-0.15, -0.1) is 0 Å². The molecule has 0 bridgehead atoms. The van der Waals surface area contributed by atoms with Crippen molar-refractivity contribution in [3.63, 3.8) is 0 Å². The van der Waals surface area contributed by atoms with Crippen LogP contribution in [0, 0.1) is 11.8 Å². The molecule has 1 aliphatic carbocycles. The first-order valence-electron chi connectivity index (χ1n) is 6.02. The van der Waals surface area contributed by atoms with E-state index >= 15 is 0 Å². The molecule has 0 aromatic rings. The summed E-state index contributed by atoms with van der Waals surface area (Å²) in [7, 11) is 0. The third-order valence-electron chi connectivity index (χ3n) is 2.90. The van der Waals surface area contributed by atoms with Crippen molar-refractivity contribution in [2.75, 3.05) is 6.86 Å². The lowest BCUT2D eigenvalue weighted by Gasteiger charge is -2.21. The summed E-state index contributed by atoms with van der Waals surface area (Å²) in [5.74, 6) is 0.917. The monoisotopic (exact) mass is 227 g/mol. The number of hydrogen-bond acceptors (Lipinski definition) is 2. The van der Waals surface area contributed by atoms with Crippen LogP contribution in [0.25, 0.3) is 0 Å². The summed E-state index contributed by atoms with van der Waals surface area (Å²) in [4.78, 5) is 4.46. The van der Waals surface area contributed by atoms with Gasteiger partial charge in [0.1, 0.15) is 0 Å². The Labute approximate surface area is 97.6 Å². The van der Waals surface area contributed by atoms with Gasteiger partial charge in [-0.2, -0.15) is 0 Å². The average molecular weight is 227 g/mol. The number of hydrogen-bond donors (Lipinski definition) is 0. The van der Waals surface area contributed by atoms with E-state index in [2.05, 4.69) is 18.8 Å². The molecule has 0 aromatic heterocycles. The van der Waals surface area contributed by atoms with E-state index in [4.69, 9.17) is 4.74 Å². The number of allylic oxidation sites excluding steroid dienone is 1. The Morgan fingerprint density at radius 3 is 2.44 bits per heavy atom. The van der Waals surface area contributed by atoms with Gasteiger partial charge in [-0.05, 0) is 38.2 Å². The van der Waals surface area contributed by atoms with Crippen molar-refractivity contribution in [1.29, 1.82) is 0 Å². The molecule has 1 unspecified atom stereocenters. The second-order valence-electron chi connectivity index (χ2n) is 4.57. The molecular weight excluding hydrogens is 205 g/mol. The maximum absolute atomic E-state index is 12.3. The molecule has 0 saturated heterocycles. The molecule has 2 nitrogen and oxygen atoms in total. The molecule has 16 heavy (non-hydrogen) atoms. The van der Waals surface area contributed by atoms with Crippen molar-refractivity contribution in [2.45, 2.75) is 46.6 Å². The molecule has 1 aliphatic rings. The zero-order chi connectivity index (χ0) is 12.1. The van der Waals surface area contributed by atoms with Gasteiger partial charge in [0.2, 0.25) is 0 Å². The minimum absolute atomic E-state index is 0.177. The number of nitrogens with zero attached hydrogens (tertiary/aromatic N) is 1. The third kappa shape index (κ3) is 3.41. The van der Waals surface area contributed by atoms with Crippen LogP contribution in [-0.4, -0.2) is 19.2 Å². The highest BCUT2D eigenvalue weighted by atomic mass is 19.1. The van der Waals surface area contributed by atoms with Crippen molar-refractivity contribution in [3.05, 3.63) is 11.3 Å². The SMILES string of the molecule is CC=N/C(=C(/C(C)C)C(C)OCF)C1CC1. The quantitative estimate of drug-likeness (QED) is 0.634. The summed E-state index contributed by atoms with van der Waals surface area (Å²) in [6.45, 7) is 7.32. The molecule has 0 spiro atoms. The molecule has 0 amide bonds. The van der Waals surface area contributed by atoms with Gasteiger partial charge in [-0.25, -0.2) is 4.39 Å². The highest BCUT2D eigenvalue weighted by molar-refractivity contribution is 5.56. The molecule has 0 radical (unpaired) electrons. The van der Waals surface area contributed by atoms with Crippen molar-refractivity contribution in [2.24, 2.45) is 16.8 Å². The van der Waals surface area contributed by atoms with E-state index in [1.807, 2.05) is 20.1 Å². The highest BCUT2D eigenvalue weighted by Gasteiger charge is 2.31.